The maximum absolute atomic E-state index is 4.90. The van der Waals surface area contributed by atoms with Crippen molar-refractivity contribution in [2.45, 2.75) is 39.8 Å². The third-order valence-electron chi connectivity index (χ3n) is 0.667. The third-order valence-corrected chi connectivity index (χ3v) is 0.667. The molecule has 0 aromatic rings. The Balaban J connectivity index is 0. The van der Waals surface area contributed by atoms with E-state index in [0.29, 0.717) is 12.1 Å². The van der Waals surface area contributed by atoms with Gasteiger partial charge in [0.2, 0.25) is 0 Å². The number of nitrogens with one attached hydrogen (secondary N) is 1. The zero-order chi connectivity index (χ0) is 8.57. The molecular formula is C6H15Cl2MgN. The Kier molecular flexibility index (Phi) is 14.3. The summed E-state index contributed by atoms with van der Waals surface area (Å²) in [5, 5.41) is 3.31. The van der Waals surface area contributed by atoms with Crippen LogP contribution in [-0.2, 0) is 0 Å². The average Bonchev–Trinajstić information content (AvgIpc) is 1.62. The molecule has 0 saturated carbocycles. The molecule has 0 aliphatic rings. The van der Waals surface area contributed by atoms with E-state index in [0.717, 1.165) is 0 Å². The molecule has 0 unspecified atom stereocenters. The van der Waals surface area contributed by atoms with Crippen molar-refractivity contribution in [2.24, 2.45) is 0 Å². The minimum atomic E-state index is -0.639. The largest absolute Gasteiger partial charge is 0.618 e. The van der Waals surface area contributed by atoms with Crippen LogP contribution in [0.15, 0.2) is 0 Å². The molecule has 0 rings (SSSR count). The molecule has 0 spiro atoms. The predicted molar refractivity (Wildman–Crippen MR) is 50.9 cm³/mol. The highest BCUT2D eigenvalue weighted by atomic mass is 35.6. The van der Waals surface area contributed by atoms with Gasteiger partial charge in [0.05, 0.1) is 0 Å². The lowest BCUT2D eigenvalue weighted by atomic mass is 10.3. The first-order chi connectivity index (χ1) is 4.54. The first-order valence-corrected chi connectivity index (χ1v) is 7.70. The van der Waals surface area contributed by atoms with Gasteiger partial charge in [0, 0.05) is 12.1 Å². The van der Waals surface area contributed by atoms with Crippen molar-refractivity contribution in [1.82, 2.24) is 5.32 Å². The molecule has 0 saturated heterocycles. The maximum Gasteiger partial charge on any atom is 0.618 e. The Morgan fingerprint density at radius 2 is 1.20 bits per heavy atom. The van der Waals surface area contributed by atoms with Crippen molar-refractivity contribution < 1.29 is 0 Å². The van der Waals surface area contributed by atoms with Crippen LogP contribution in [0, 0.1) is 0 Å². The smallest absolute Gasteiger partial charge is 0.312 e. The zero-order valence-electron chi connectivity index (χ0n) is 7.12. The van der Waals surface area contributed by atoms with Crippen LogP contribution in [0.2, 0.25) is 0 Å². The van der Waals surface area contributed by atoms with Crippen LogP contribution < -0.4 is 5.32 Å². The van der Waals surface area contributed by atoms with Crippen LogP contribution in [0.5, 0.6) is 0 Å². The first kappa shape index (κ1) is 13.9. The number of halogens is 2. The van der Waals surface area contributed by atoms with Crippen molar-refractivity contribution in [2.75, 3.05) is 0 Å². The van der Waals surface area contributed by atoms with Gasteiger partial charge >= 0.3 is 18.2 Å². The van der Waals surface area contributed by atoms with Crippen molar-refractivity contribution in [3.05, 3.63) is 0 Å². The maximum atomic E-state index is 4.90. The summed E-state index contributed by atoms with van der Waals surface area (Å²) in [6.07, 6.45) is 0. The lowest BCUT2D eigenvalue weighted by Crippen LogP contribution is -2.29. The Hall–Kier alpha value is 1.31. The van der Waals surface area contributed by atoms with Crippen molar-refractivity contribution >= 4 is 36.3 Å². The fourth-order valence-corrected chi connectivity index (χ4v) is 0.667. The molecule has 0 aliphatic heterocycles. The van der Waals surface area contributed by atoms with Crippen molar-refractivity contribution in [3.63, 3.8) is 0 Å². The van der Waals surface area contributed by atoms with E-state index >= 15 is 0 Å². The van der Waals surface area contributed by atoms with Crippen molar-refractivity contribution in [3.8, 4) is 0 Å². The van der Waals surface area contributed by atoms with Gasteiger partial charge < -0.3 is 23.5 Å². The second kappa shape index (κ2) is 10.3. The highest BCUT2D eigenvalue weighted by molar-refractivity contribution is 7.22. The van der Waals surface area contributed by atoms with E-state index in [4.69, 9.17) is 18.1 Å². The Labute approximate surface area is 81.1 Å². The van der Waals surface area contributed by atoms with Crippen LogP contribution in [0.1, 0.15) is 27.7 Å². The molecule has 60 valence electrons. The molecule has 0 aliphatic carbocycles. The highest BCUT2D eigenvalue weighted by Gasteiger charge is 1.92. The summed E-state index contributed by atoms with van der Waals surface area (Å²) in [6, 6.07) is 1.25. The minimum absolute atomic E-state index is 0.625. The quantitative estimate of drug-likeness (QED) is 0.669. The van der Waals surface area contributed by atoms with Crippen LogP contribution >= 0.6 is 18.1 Å². The lowest BCUT2D eigenvalue weighted by molar-refractivity contribution is 0.518. The highest BCUT2D eigenvalue weighted by Crippen LogP contribution is 1.80. The summed E-state index contributed by atoms with van der Waals surface area (Å²) < 4.78 is 0. The van der Waals surface area contributed by atoms with Crippen molar-refractivity contribution in [1.29, 1.82) is 0 Å². The summed E-state index contributed by atoms with van der Waals surface area (Å²) in [5.74, 6) is 0. The minimum Gasteiger partial charge on any atom is -0.312 e. The van der Waals surface area contributed by atoms with E-state index in [1.807, 2.05) is 0 Å². The Bertz CT molecular complexity index is 53.7. The zero-order valence-corrected chi connectivity index (χ0v) is 10.0. The lowest BCUT2D eigenvalue weighted by Gasteiger charge is -2.10. The van der Waals surface area contributed by atoms with E-state index in [1.54, 1.807) is 0 Å². The molecule has 0 amide bonds. The van der Waals surface area contributed by atoms with E-state index in [2.05, 4.69) is 33.0 Å². The Morgan fingerprint density at radius 1 is 1.00 bits per heavy atom. The molecule has 0 fully saturated rings. The first-order valence-electron chi connectivity index (χ1n) is 3.42. The summed E-state index contributed by atoms with van der Waals surface area (Å²) in [7, 11) is 9.81. The molecule has 0 atom stereocenters. The van der Waals surface area contributed by atoms with E-state index in [1.165, 1.54) is 0 Å². The summed E-state index contributed by atoms with van der Waals surface area (Å²) in [5.41, 5.74) is 0. The summed E-state index contributed by atoms with van der Waals surface area (Å²) in [4.78, 5) is 0. The van der Waals surface area contributed by atoms with Gasteiger partial charge in [-0.15, -0.1) is 0 Å². The van der Waals surface area contributed by atoms with Crippen LogP contribution in [0.3, 0.4) is 0 Å². The second-order valence-corrected chi connectivity index (χ2v) is 5.20. The third kappa shape index (κ3) is 22.8. The van der Waals surface area contributed by atoms with Crippen LogP contribution in [0.4, 0.5) is 0 Å². The van der Waals surface area contributed by atoms with E-state index in [9.17, 15) is 0 Å². The second-order valence-electron chi connectivity index (χ2n) is 2.58. The van der Waals surface area contributed by atoms with Crippen LogP contribution in [-0.4, -0.2) is 30.2 Å². The molecule has 0 aromatic heterocycles. The predicted octanol–water partition coefficient (Wildman–Crippen LogP) is 2.39. The number of hydrogen-bond acceptors (Lipinski definition) is 1. The molecule has 10 heavy (non-hydrogen) atoms. The fraction of sp³-hybridized carbons (Fsp3) is 1.00. The van der Waals surface area contributed by atoms with Gasteiger partial charge in [-0.1, -0.05) is 27.7 Å². The molecule has 0 heterocycles. The molecule has 0 bridgehead atoms. The van der Waals surface area contributed by atoms with Gasteiger partial charge in [-0.05, 0) is 0 Å². The molecule has 0 aromatic carbocycles. The summed E-state index contributed by atoms with van der Waals surface area (Å²) >= 11 is -0.639. The fourth-order valence-electron chi connectivity index (χ4n) is 0.667. The monoisotopic (exact) mass is 195 g/mol. The van der Waals surface area contributed by atoms with E-state index in [-0.39, 0.29) is 0 Å². The SMILES string of the molecule is CC(C)NC(C)C.[Cl][Mg][Cl]. The molecule has 0 radical (unpaired) electrons. The van der Waals surface area contributed by atoms with Crippen LogP contribution in [0.25, 0.3) is 0 Å². The number of hydrogen-bond donors (Lipinski definition) is 1. The Morgan fingerprint density at radius 3 is 1.20 bits per heavy atom. The normalized spacial score (nSPS) is 8.80. The summed E-state index contributed by atoms with van der Waals surface area (Å²) in [6.45, 7) is 8.61. The molecule has 1 N–H and O–H groups in total. The van der Waals surface area contributed by atoms with Gasteiger partial charge in [0.25, 0.3) is 0 Å². The number of rotatable bonds is 2. The van der Waals surface area contributed by atoms with Gasteiger partial charge in [0.15, 0.2) is 0 Å². The standard InChI is InChI=1S/C6H15N.2ClH.Mg/c1-5(2)7-6(3)4;;;/h5-7H,1-4H3;2*1H;/q;;;+2/p-2. The van der Waals surface area contributed by atoms with Gasteiger partial charge in [-0.3, -0.25) is 0 Å². The van der Waals surface area contributed by atoms with Gasteiger partial charge in [-0.25, -0.2) is 0 Å². The van der Waals surface area contributed by atoms with Gasteiger partial charge in [-0.2, -0.15) is 0 Å². The molecular weight excluding hydrogens is 181 g/mol. The van der Waals surface area contributed by atoms with E-state index < -0.39 is 18.2 Å². The van der Waals surface area contributed by atoms with Gasteiger partial charge in [0.1, 0.15) is 0 Å². The molecule has 1 nitrogen and oxygen atoms in total. The average molecular weight is 196 g/mol. The molecule has 4 heteroatoms. The topological polar surface area (TPSA) is 12.0 Å².